The van der Waals surface area contributed by atoms with Crippen LogP contribution < -0.4 is 14.8 Å². The number of carbonyl (C=O) groups excluding carboxylic acids is 1. The second kappa shape index (κ2) is 8.11. The maximum absolute atomic E-state index is 12.6. The van der Waals surface area contributed by atoms with Gasteiger partial charge in [-0.25, -0.2) is 0 Å². The summed E-state index contributed by atoms with van der Waals surface area (Å²) in [7, 11) is 0. The van der Waals surface area contributed by atoms with Gasteiger partial charge in [0.1, 0.15) is 13.2 Å². The fourth-order valence-electron chi connectivity index (χ4n) is 4.33. The van der Waals surface area contributed by atoms with E-state index in [0.29, 0.717) is 25.3 Å². The highest BCUT2D eigenvalue weighted by Gasteiger charge is 2.37. The molecule has 1 N–H and O–H groups in total. The Balaban J connectivity index is 1.48. The molecule has 1 saturated carbocycles. The first kappa shape index (κ1) is 19.2. The van der Waals surface area contributed by atoms with Gasteiger partial charge in [0.15, 0.2) is 11.5 Å². The lowest BCUT2D eigenvalue weighted by Gasteiger charge is -2.31. The Labute approximate surface area is 169 Å². The number of nitro groups is 1. The van der Waals surface area contributed by atoms with Gasteiger partial charge in [0.05, 0.1) is 11.3 Å². The Kier molecular flexibility index (Phi) is 5.38. The number of rotatable bonds is 6. The molecule has 0 spiro atoms. The average Bonchev–Trinajstić information content (AvgIpc) is 3.22. The Morgan fingerprint density at radius 3 is 2.55 bits per heavy atom. The number of para-hydroxylation sites is 1. The SMILES string of the molecule is O=C(Cc1ccccc1[N+](=O)[O-])NCC1(c2ccc3c(c2)OCCO3)CCCC1. The van der Waals surface area contributed by atoms with Gasteiger partial charge in [-0.3, -0.25) is 14.9 Å². The summed E-state index contributed by atoms with van der Waals surface area (Å²) >= 11 is 0. The number of nitro benzene ring substituents is 1. The monoisotopic (exact) mass is 396 g/mol. The molecule has 1 aliphatic heterocycles. The smallest absolute Gasteiger partial charge is 0.273 e. The molecule has 7 heteroatoms. The number of hydrogen-bond acceptors (Lipinski definition) is 5. The highest BCUT2D eigenvalue weighted by Crippen LogP contribution is 2.43. The van der Waals surface area contributed by atoms with E-state index in [1.165, 1.54) is 6.07 Å². The van der Waals surface area contributed by atoms with Crippen LogP contribution in [0, 0.1) is 10.1 Å². The van der Waals surface area contributed by atoms with Crippen molar-refractivity contribution in [2.24, 2.45) is 0 Å². The van der Waals surface area contributed by atoms with Crippen molar-refractivity contribution in [3.05, 3.63) is 63.7 Å². The summed E-state index contributed by atoms with van der Waals surface area (Å²) in [6.07, 6.45) is 4.17. The molecule has 0 atom stereocenters. The number of benzene rings is 2. The van der Waals surface area contributed by atoms with Gasteiger partial charge in [-0.2, -0.15) is 0 Å². The number of carbonyl (C=O) groups is 1. The Morgan fingerprint density at radius 2 is 1.79 bits per heavy atom. The van der Waals surface area contributed by atoms with E-state index < -0.39 is 4.92 Å². The van der Waals surface area contributed by atoms with Gasteiger partial charge in [-0.15, -0.1) is 0 Å². The van der Waals surface area contributed by atoms with Crippen LogP contribution in [0.3, 0.4) is 0 Å². The van der Waals surface area contributed by atoms with Crippen LogP contribution in [-0.4, -0.2) is 30.6 Å². The highest BCUT2D eigenvalue weighted by atomic mass is 16.6. The molecule has 0 aromatic heterocycles. The van der Waals surface area contributed by atoms with Crippen LogP contribution in [0.25, 0.3) is 0 Å². The number of nitrogens with zero attached hydrogens (tertiary/aromatic N) is 1. The second-order valence-electron chi connectivity index (χ2n) is 7.69. The number of nitrogens with one attached hydrogen (secondary N) is 1. The molecule has 0 unspecified atom stereocenters. The summed E-state index contributed by atoms with van der Waals surface area (Å²) in [5.41, 5.74) is 1.40. The number of amides is 1. The van der Waals surface area contributed by atoms with Crippen LogP contribution in [0.1, 0.15) is 36.8 Å². The minimum absolute atomic E-state index is 0.00558. The van der Waals surface area contributed by atoms with E-state index in [1.54, 1.807) is 18.2 Å². The molecule has 2 aromatic rings. The first-order chi connectivity index (χ1) is 14.1. The molecule has 29 heavy (non-hydrogen) atoms. The number of fused-ring (bicyclic) bond motifs is 1. The molecule has 1 fully saturated rings. The summed E-state index contributed by atoms with van der Waals surface area (Å²) < 4.78 is 11.4. The number of hydrogen-bond donors (Lipinski definition) is 1. The molecule has 2 aliphatic rings. The predicted molar refractivity (Wildman–Crippen MR) is 107 cm³/mol. The van der Waals surface area contributed by atoms with Crippen molar-refractivity contribution in [1.29, 1.82) is 0 Å². The van der Waals surface area contributed by atoms with Crippen molar-refractivity contribution in [2.45, 2.75) is 37.5 Å². The Morgan fingerprint density at radius 1 is 1.07 bits per heavy atom. The molecule has 1 heterocycles. The summed E-state index contributed by atoms with van der Waals surface area (Å²) in [5, 5.41) is 14.2. The standard InChI is InChI=1S/C22H24N2O5/c25-21(13-16-5-1-2-6-18(16)24(26)27)23-15-22(9-3-4-10-22)17-7-8-19-20(14-17)29-12-11-28-19/h1-2,5-8,14H,3-4,9-13,15H2,(H,23,25). The maximum Gasteiger partial charge on any atom is 0.273 e. The van der Waals surface area contributed by atoms with Gasteiger partial charge >= 0.3 is 0 Å². The van der Waals surface area contributed by atoms with E-state index in [0.717, 1.165) is 42.7 Å². The molecule has 2 aromatic carbocycles. The van der Waals surface area contributed by atoms with E-state index >= 15 is 0 Å². The molecule has 152 valence electrons. The summed E-state index contributed by atoms with van der Waals surface area (Å²) in [6, 6.07) is 12.4. The minimum Gasteiger partial charge on any atom is -0.486 e. The molecular formula is C22H24N2O5. The first-order valence-corrected chi connectivity index (χ1v) is 9.97. The van der Waals surface area contributed by atoms with E-state index in [2.05, 4.69) is 11.4 Å². The van der Waals surface area contributed by atoms with Crippen LogP contribution in [0.5, 0.6) is 11.5 Å². The molecule has 1 amide bonds. The van der Waals surface area contributed by atoms with Crippen LogP contribution in [0.4, 0.5) is 5.69 Å². The summed E-state index contributed by atoms with van der Waals surface area (Å²) in [5.74, 6) is 1.31. The Hall–Kier alpha value is -3.09. The van der Waals surface area contributed by atoms with Crippen molar-refractivity contribution in [2.75, 3.05) is 19.8 Å². The zero-order valence-electron chi connectivity index (χ0n) is 16.2. The third-order valence-electron chi connectivity index (χ3n) is 5.88. The normalized spacial score (nSPS) is 17.0. The summed E-state index contributed by atoms with van der Waals surface area (Å²) in [4.78, 5) is 23.3. The first-order valence-electron chi connectivity index (χ1n) is 9.97. The Bertz CT molecular complexity index is 921. The average molecular weight is 396 g/mol. The predicted octanol–water partition coefficient (Wildman–Crippen LogP) is 3.54. The molecule has 0 radical (unpaired) electrons. The van der Waals surface area contributed by atoms with Crippen LogP contribution >= 0.6 is 0 Å². The van der Waals surface area contributed by atoms with Crippen LogP contribution in [-0.2, 0) is 16.6 Å². The van der Waals surface area contributed by atoms with Gasteiger partial charge in [0, 0.05) is 23.6 Å². The summed E-state index contributed by atoms with van der Waals surface area (Å²) in [6.45, 7) is 1.60. The minimum atomic E-state index is -0.448. The van der Waals surface area contributed by atoms with E-state index in [-0.39, 0.29) is 23.4 Å². The topological polar surface area (TPSA) is 90.7 Å². The molecule has 1 aliphatic carbocycles. The van der Waals surface area contributed by atoms with Crippen molar-refractivity contribution in [1.82, 2.24) is 5.32 Å². The van der Waals surface area contributed by atoms with Crippen molar-refractivity contribution < 1.29 is 19.2 Å². The van der Waals surface area contributed by atoms with E-state index in [1.807, 2.05) is 12.1 Å². The van der Waals surface area contributed by atoms with E-state index in [9.17, 15) is 14.9 Å². The fourth-order valence-corrected chi connectivity index (χ4v) is 4.33. The van der Waals surface area contributed by atoms with Crippen molar-refractivity contribution in [3.63, 3.8) is 0 Å². The van der Waals surface area contributed by atoms with Gasteiger partial charge in [0.2, 0.25) is 5.91 Å². The lowest BCUT2D eigenvalue weighted by Crippen LogP contribution is -2.39. The van der Waals surface area contributed by atoms with E-state index in [4.69, 9.17) is 9.47 Å². The third-order valence-corrected chi connectivity index (χ3v) is 5.88. The molecule has 7 nitrogen and oxygen atoms in total. The molecule has 0 saturated heterocycles. The lowest BCUT2D eigenvalue weighted by atomic mass is 9.78. The maximum atomic E-state index is 12.6. The van der Waals surface area contributed by atoms with Crippen molar-refractivity contribution >= 4 is 11.6 Å². The fraction of sp³-hybridized carbons (Fsp3) is 0.409. The molecule has 0 bridgehead atoms. The lowest BCUT2D eigenvalue weighted by molar-refractivity contribution is -0.385. The largest absolute Gasteiger partial charge is 0.486 e. The van der Waals surface area contributed by atoms with Crippen LogP contribution in [0.15, 0.2) is 42.5 Å². The quantitative estimate of drug-likeness (QED) is 0.596. The highest BCUT2D eigenvalue weighted by molar-refractivity contribution is 5.79. The zero-order chi connectivity index (χ0) is 20.3. The van der Waals surface area contributed by atoms with Gasteiger partial charge in [-0.1, -0.05) is 37.1 Å². The molecule has 4 rings (SSSR count). The molecular weight excluding hydrogens is 372 g/mol. The van der Waals surface area contributed by atoms with Crippen LogP contribution in [0.2, 0.25) is 0 Å². The zero-order valence-corrected chi connectivity index (χ0v) is 16.2. The second-order valence-corrected chi connectivity index (χ2v) is 7.69. The van der Waals surface area contributed by atoms with Gasteiger partial charge in [0.25, 0.3) is 5.69 Å². The van der Waals surface area contributed by atoms with Gasteiger partial charge < -0.3 is 14.8 Å². The number of ether oxygens (including phenoxy) is 2. The third kappa shape index (κ3) is 4.04. The van der Waals surface area contributed by atoms with Gasteiger partial charge in [-0.05, 0) is 30.5 Å². The van der Waals surface area contributed by atoms with Crippen molar-refractivity contribution in [3.8, 4) is 11.5 Å².